The van der Waals surface area contributed by atoms with Crippen LogP contribution in [0.5, 0.6) is 0 Å². The van der Waals surface area contributed by atoms with Gasteiger partial charge >= 0.3 is 0 Å². The lowest BCUT2D eigenvalue weighted by atomic mass is 9.95. The van der Waals surface area contributed by atoms with E-state index in [1.165, 1.54) is 5.56 Å². The SMILES string of the molecule is C[C@H](N)[C@H](C)c1ccccc1. The fourth-order valence-electron chi connectivity index (χ4n) is 1.06. The van der Waals surface area contributed by atoms with Crippen LogP contribution in [0.3, 0.4) is 0 Å². The van der Waals surface area contributed by atoms with Crippen molar-refractivity contribution in [2.45, 2.75) is 25.8 Å². The standard InChI is InChI=1S/C10H15N/c1-8(9(2)11)10-6-4-3-5-7-10/h3-9H,11H2,1-2H3/t8-,9-/m0/s1. The summed E-state index contributed by atoms with van der Waals surface area (Å²) in [6.45, 7) is 4.19. The van der Waals surface area contributed by atoms with Crippen molar-refractivity contribution in [3.8, 4) is 0 Å². The molecule has 0 heterocycles. The van der Waals surface area contributed by atoms with E-state index in [0.717, 1.165) is 0 Å². The number of hydrogen-bond acceptors (Lipinski definition) is 1. The molecule has 1 aromatic rings. The maximum atomic E-state index is 5.77. The predicted octanol–water partition coefficient (Wildman–Crippen LogP) is 2.14. The Morgan fingerprint density at radius 3 is 2.09 bits per heavy atom. The molecule has 0 aromatic heterocycles. The van der Waals surface area contributed by atoms with Crippen LogP contribution in [-0.4, -0.2) is 6.04 Å². The second kappa shape index (κ2) is 3.54. The van der Waals surface area contributed by atoms with Gasteiger partial charge in [0.15, 0.2) is 0 Å². The van der Waals surface area contributed by atoms with E-state index in [1.807, 2.05) is 25.1 Å². The van der Waals surface area contributed by atoms with Gasteiger partial charge in [-0.15, -0.1) is 0 Å². The average molecular weight is 149 g/mol. The summed E-state index contributed by atoms with van der Waals surface area (Å²) in [6.07, 6.45) is 0. The lowest BCUT2D eigenvalue weighted by molar-refractivity contribution is 0.613. The van der Waals surface area contributed by atoms with Crippen LogP contribution in [0.15, 0.2) is 30.3 Å². The summed E-state index contributed by atoms with van der Waals surface area (Å²) in [5.74, 6) is 0.455. The van der Waals surface area contributed by atoms with Crippen LogP contribution in [0.4, 0.5) is 0 Å². The average Bonchev–Trinajstić information content (AvgIpc) is 2.05. The first-order chi connectivity index (χ1) is 5.22. The Labute approximate surface area is 68.2 Å². The minimum Gasteiger partial charge on any atom is -0.327 e. The molecule has 1 rings (SSSR count). The lowest BCUT2D eigenvalue weighted by Gasteiger charge is -2.15. The van der Waals surface area contributed by atoms with Crippen molar-refractivity contribution in [3.63, 3.8) is 0 Å². The van der Waals surface area contributed by atoms with Gasteiger partial charge in [0.1, 0.15) is 0 Å². The Balaban J connectivity index is 2.77. The molecule has 0 bridgehead atoms. The van der Waals surface area contributed by atoms with E-state index in [1.54, 1.807) is 0 Å². The maximum Gasteiger partial charge on any atom is 0.00766 e. The van der Waals surface area contributed by atoms with Gasteiger partial charge in [-0.05, 0) is 18.4 Å². The Bertz CT molecular complexity index is 203. The van der Waals surface area contributed by atoms with Crippen molar-refractivity contribution in [2.75, 3.05) is 0 Å². The zero-order chi connectivity index (χ0) is 8.27. The van der Waals surface area contributed by atoms with Crippen LogP contribution in [0, 0.1) is 0 Å². The number of hydrogen-bond donors (Lipinski definition) is 1. The van der Waals surface area contributed by atoms with E-state index in [0.29, 0.717) is 5.92 Å². The van der Waals surface area contributed by atoms with Gasteiger partial charge in [-0.3, -0.25) is 0 Å². The number of rotatable bonds is 2. The van der Waals surface area contributed by atoms with Crippen LogP contribution in [0.25, 0.3) is 0 Å². The molecule has 1 heteroatoms. The molecule has 0 radical (unpaired) electrons. The van der Waals surface area contributed by atoms with Crippen LogP contribution in [0.2, 0.25) is 0 Å². The van der Waals surface area contributed by atoms with Gasteiger partial charge in [-0.25, -0.2) is 0 Å². The summed E-state index contributed by atoms with van der Waals surface area (Å²) in [7, 11) is 0. The largest absolute Gasteiger partial charge is 0.327 e. The van der Waals surface area contributed by atoms with Crippen LogP contribution < -0.4 is 5.73 Å². The number of nitrogens with two attached hydrogens (primary N) is 1. The molecule has 0 amide bonds. The molecular weight excluding hydrogens is 134 g/mol. The van der Waals surface area contributed by atoms with Crippen molar-refractivity contribution in [2.24, 2.45) is 5.73 Å². The topological polar surface area (TPSA) is 26.0 Å². The molecule has 2 N–H and O–H groups in total. The molecular formula is C10H15N. The van der Waals surface area contributed by atoms with Gasteiger partial charge in [-0.1, -0.05) is 37.3 Å². The molecule has 0 unspecified atom stereocenters. The molecule has 11 heavy (non-hydrogen) atoms. The fraction of sp³-hybridized carbons (Fsp3) is 0.400. The highest BCUT2D eigenvalue weighted by atomic mass is 14.6. The van der Waals surface area contributed by atoms with E-state index in [2.05, 4.69) is 19.1 Å². The highest BCUT2D eigenvalue weighted by molar-refractivity contribution is 5.19. The molecule has 0 saturated carbocycles. The summed E-state index contributed by atoms with van der Waals surface area (Å²) in [5, 5.41) is 0. The Hall–Kier alpha value is -0.820. The molecule has 0 fully saturated rings. The zero-order valence-corrected chi connectivity index (χ0v) is 7.12. The maximum absolute atomic E-state index is 5.77. The van der Waals surface area contributed by atoms with Crippen LogP contribution >= 0.6 is 0 Å². The van der Waals surface area contributed by atoms with Gasteiger partial charge < -0.3 is 5.73 Å². The Kier molecular flexibility index (Phi) is 2.66. The fourth-order valence-corrected chi connectivity index (χ4v) is 1.06. The minimum absolute atomic E-state index is 0.234. The minimum atomic E-state index is 0.234. The van der Waals surface area contributed by atoms with Crippen molar-refractivity contribution in [1.82, 2.24) is 0 Å². The first-order valence-electron chi connectivity index (χ1n) is 4.02. The highest BCUT2D eigenvalue weighted by Crippen LogP contribution is 2.16. The lowest BCUT2D eigenvalue weighted by Crippen LogP contribution is -2.22. The molecule has 0 spiro atoms. The molecule has 1 aromatic carbocycles. The van der Waals surface area contributed by atoms with Crippen molar-refractivity contribution < 1.29 is 0 Å². The third-order valence-corrected chi connectivity index (χ3v) is 2.11. The van der Waals surface area contributed by atoms with Gasteiger partial charge in [0, 0.05) is 6.04 Å². The molecule has 0 aliphatic carbocycles. The Morgan fingerprint density at radius 2 is 1.64 bits per heavy atom. The third-order valence-electron chi connectivity index (χ3n) is 2.11. The first-order valence-corrected chi connectivity index (χ1v) is 4.02. The summed E-state index contributed by atoms with van der Waals surface area (Å²) in [5.41, 5.74) is 7.09. The third kappa shape index (κ3) is 2.05. The molecule has 0 aliphatic rings. The van der Waals surface area contributed by atoms with E-state index in [9.17, 15) is 0 Å². The molecule has 1 nitrogen and oxygen atoms in total. The monoisotopic (exact) mass is 149 g/mol. The van der Waals surface area contributed by atoms with Crippen molar-refractivity contribution in [3.05, 3.63) is 35.9 Å². The van der Waals surface area contributed by atoms with Gasteiger partial charge in [0.05, 0.1) is 0 Å². The predicted molar refractivity (Wildman–Crippen MR) is 48.5 cm³/mol. The van der Waals surface area contributed by atoms with E-state index in [4.69, 9.17) is 5.73 Å². The zero-order valence-electron chi connectivity index (χ0n) is 7.12. The van der Waals surface area contributed by atoms with Gasteiger partial charge in [0.25, 0.3) is 0 Å². The van der Waals surface area contributed by atoms with Crippen LogP contribution in [0.1, 0.15) is 25.3 Å². The summed E-state index contributed by atoms with van der Waals surface area (Å²) < 4.78 is 0. The molecule has 0 aliphatic heterocycles. The van der Waals surface area contributed by atoms with Crippen LogP contribution in [-0.2, 0) is 0 Å². The second-order valence-corrected chi connectivity index (χ2v) is 3.06. The van der Waals surface area contributed by atoms with Crippen molar-refractivity contribution in [1.29, 1.82) is 0 Å². The highest BCUT2D eigenvalue weighted by Gasteiger charge is 2.08. The number of benzene rings is 1. The van der Waals surface area contributed by atoms with E-state index >= 15 is 0 Å². The molecule has 0 saturated heterocycles. The normalized spacial score (nSPS) is 15.9. The summed E-state index contributed by atoms with van der Waals surface area (Å²) in [6, 6.07) is 10.6. The van der Waals surface area contributed by atoms with Gasteiger partial charge in [-0.2, -0.15) is 0 Å². The van der Waals surface area contributed by atoms with E-state index < -0.39 is 0 Å². The first kappa shape index (κ1) is 8.28. The smallest absolute Gasteiger partial charge is 0.00766 e. The van der Waals surface area contributed by atoms with Crippen molar-refractivity contribution >= 4 is 0 Å². The summed E-state index contributed by atoms with van der Waals surface area (Å²) in [4.78, 5) is 0. The molecule has 60 valence electrons. The quantitative estimate of drug-likeness (QED) is 0.685. The Morgan fingerprint density at radius 1 is 1.09 bits per heavy atom. The summed E-state index contributed by atoms with van der Waals surface area (Å²) >= 11 is 0. The molecule has 2 atom stereocenters. The van der Waals surface area contributed by atoms with Gasteiger partial charge in [0.2, 0.25) is 0 Å². The second-order valence-electron chi connectivity index (χ2n) is 3.06. The van der Waals surface area contributed by atoms with E-state index in [-0.39, 0.29) is 6.04 Å².